The lowest BCUT2D eigenvalue weighted by molar-refractivity contribution is -0.138. The lowest BCUT2D eigenvalue weighted by Crippen LogP contribution is -2.37. The van der Waals surface area contributed by atoms with Gasteiger partial charge in [0.25, 0.3) is 0 Å². The summed E-state index contributed by atoms with van der Waals surface area (Å²) in [5, 5.41) is 10.9. The number of hydrogen-bond donors (Lipinski definition) is 2. The summed E-state index contributed by atoms with van der Waals surface area (Å²) in [6, 6.07) is 19.5. The van der Waals surface area contributed by atoms with Crippen molar-refractivity contribution in [2.24, 2.45) is 0 Å². The Morgan fingerprint density at radius 3 is 2.42 bits per heavy atom. The van der Waals surface area contributed by atoms with Gasteiger partial charge in [0, 0.05) is 30.6 Å². The van der Waals surface area contributed by atoms with E-state index in [1.54, 1.807) is 29.2 Å². The lowest BCUT2D eigenvalue weighted by Gasteiger charge is -2.24. The van der Waals surface area contributed by atoms with E-state index in [2.05, 4.69) is 5.32 Å². The highest BCUT2D eigenvalue weighted by Gasteiger charge is 2.45. The maximum atomic E-state index is 13.3. The van der Waals surface area contributed by atoms with Crippen molar-refractivity contribution in [3.05, 3.63) is 94.5 Å². The van der Waals surface area contributed by atoms with Gasteiger partial charge in [0.1, 0.15) is 5.75 Å². The van der Waals surface area contributed by atoms with Crippen LogP contribution < -0.4 is 10.1 Å². The highest BCUT2D eigenvalue weighted by Crippen LogP contribution is 2.45. The third kappa shape index (κ3) is 7.19. The van der Waals surface area contributed by atoms with Crippen LogP contribution in [0, 0.1) is 0 Å². The van der Waals surface area contributed by atoms with E-state index in [0.29, 0.717) is 12.2 Å². The normalized spacial score (nSPS) is 16.5. The minimum Gasteiger partial charge on any atom is -0.494 e. The minimum absolute atomic E-state index is 0.00116. The van der Waals surface area contributed by atoms with Gasteiger partial charge in [-0.1, -0.05) is 54.1 Å². The first-order valence-corrected chi connectivity index (χ1v) is 12.4. The summed E-state index contributed by atoms with van der Waals surface area (Å²) in [6.45, 7) is 0.501. The molecule has 0 aliphatic heterocycles. The first-order valence-electron chi connectivity index (χ1n) is 12.0. The van der Waals surface area contributed by atoms with Crippen LogP contribution in [0.4, 0.5) is 23.7 Å². The van der Waals surface area contributed by atoms with Crippen LogP contribution in [0.1, 0.15) is 41.9 Å². The van der Waals surface area contributed by atoms with E-state index >= 15 is 0 Å². The highest BCUT2D eigenvalue weighted by molar-refractivity contribution is 6.31. The molecule has 3 aromatic carbocycles. The number of aliphatic carboxylic acids is 1. The second kappa shape index (κ2) is 11.8. The minimum atomic E-state index is -4.65. The highest BCUT2D eigenvalue weighted by atomic mass is 35.5. The molecule has 38 heavy (non-hydrogen) atoms. The Hall–Kier alpha value is -3.72. The number of amides is 2. The van der Waals surface area contributed by atoms with Crippen LogP contribution in [-0.4, -0.2) is 34.7 Å². The van der Waals surface area contributed by atoms with Crippen molar-refractivity contribution in [3.63, 3.8) is 0 Å². The number of benzene rings is 3. The maximum Gasteiger partial charge on any atom is 0.417 e. The largest absolute Gasteiger partial charge is 0.494 e. The lowest BCUT2D eigenvalue weighted by atomic mass is 10.1. The van der Waals surface area contributed by atoms with Crippen molar-refractivity contribution in [3.8, 4) is 5.75 Å². The molecular weight excluding hydrogens is 521 g/mol. The number of alkyl halides is 3. The average Bonchev–Trinajstić information content (AvgIpc) is 3.67. The van der Waals surface area contributed by atoms with Crippen molar-refractivity contribution in [1.29, 1.82) is 0 Å². The van der Waals surface area contributed by atoms with Gasteiger partial charge in [-0.15, -0.1) is 0 Å². The van der Waals surface area contributed by atoms with Crippen LogP contribution in [0.3, 0.4) is 0 Å². The number of carbonyl (C=O) groups excluding carboxylic acids is 1. The predicted octanol–water partition coefficient (Wildman–Crippen LogP) is 7.19. The van der Waals surface area contributed by atoms with Crippen LogP contribution in [0.2, 0.25) is 5.02 Å². The molecule has 1 saturated carbocycles. The maximum absolute atomic E-state index is 13.3. The number of ether oxygens (including phenoxy) is 1. The van der Waals surface area contributed by atoms with Gasteiger partial charge in [0.05, 0.1) is 17.2 Å². The molecule has 0 aromatic heterocycles. The molecule has 4 rings (SSSR count). The molecule has 0 spiro atoms. The van der Waals surface area contributed by atoms with E-state index in [1.165, 1.54) is 6.07 Å². The van der Waals surface area contributed by atoms with Crippen molar-refractivity contribution in [1.82, 2.24) is 4.90 Å². The van der Waals surface area contributed by atoms with Crippen molar-refractivity contribution in [2.75, 3.05) is 11.9 Å². The van der Waals surface area contributed by atoms with Gasteiger partial charge >= 0.3 is 18.2 Å². The fraction of sp³-hybridized carbons (Fsp3) is 0.286. The average molecular weight is 547 g/mol. The summed E-state index contributed by atoms with van der Waals surface area (Å²) in [5.74, 6) is -0.191. The van der Waals surface area contributed by atoms with Gasteiger partial charge in [-0.2, -0.15) is 13.2 Å². The van der Waals surface area contributed by atoms with Crippen LogP contribution in [0.25, 0.3) is 0 Å². The van der Waals surface area contributed by atoms with Gasteiger partial charge in [-0.3, -0.25) is 4.79 Å². The van der Waals surface area contributed by atoms with Crippen LogP contribution in [0.5, 0.6) is 5.75 Å². The number of nitrogens with zero attached hydrogens (tertiary/aromatic N) is 1. The molecular formula is C28H26ClF3N2O4. The van der Waals surface area contributed by atoms with Crippen LogP contribution >= 0.6 is 11.6 Å². The zero-order valence-electron chi connectivity index (χ0n) is 20.2. The zero-order chi connectivity index (χ0) is 27.3. The molecule has 1 aliphatic rings. The Labute approximate surface area is 223 Å². The number of carboxylic acid groups (broad SMARTS) is 1. The second-order valence-electron chi connectivity index (χ2n) is 9.06. The molecule has 1 aliphatic carbocycles. The number of halogens is 4. The zero-order valence-corrected chi connectivity index (χ0v) is 21.0. The quantitative estimate of drug-likeness (QED) is 0.264. The number of hydrogen-bond acceptors (Lipinski definition) is 3. The second-order valence-corrected chi connectivity index (χ2v) is 9.47. The molecule has 0 heterocycles. The first kappa shape index (κ1) is 27.3. The number of anilines is 1. The van der Waals surface area contributed by atoms with E-state index in [0.717, 1.165) is 29.7 Å². The van der Waals surface area contributed by atoms with Crippen molar-refractivity contribution in [2.45, 2.75) is 43.9 Å². The molecule has 2 atom stereocenters. The Balaban J connectivity index is 1.48. The summed E-state index contributed by atoms with van der Waals surface area (Å²) in [6.07, 6.45) is -3.51. The van der Waals surface area contributed by atoms with Crippen molar-refractivity contribution >= 4 is 29.3 Å². The number of nitrogens with one attached hydrogen (secondary N) is 1. The smallest absolute Gasteiger partial charge is 0.417 e. The Morgan fingerprint density at radius 1 is 1.05 bits per heavy atom. The number of rotatable bonds is 10. The van der Waals surface area contributed by atoms with Gasteiger partial charge in [0.15, 0.2) is 0 Å². The standard InChI is InChI=1S/C28H26ClF3N2O4/c29-24-13-10-20(15-23(24)28(30,31)32)33-27(37)34(25-16-22(25)19-5-2-1-3-6-19)17-18-8-11-21(12-9-18)38-14-4-7-26(35)36/h1-3,5-6,8-13,15,22,25H,4,7,14,16-17H2,(H,33,37)(H,35,36). The number of carboxylic acids is 1. The fourth-order valence-electron chi connectivity index (χ4n) is 4.24. The molecule has 0 bridgehead atoms. The third-order valence-corrected chi connectivity index (χ3v) is 6.58. The molecule has 3 aromatic rings. The van der Waals surface area contributed by atoms with Gasteiger partial charge in [0.2, 0.25) is 0 Å². The topological polar surface area (TPSA) is 78.9 Å². The van der Waals surface area contributed by atoms with E-state index in [4.69, 9.17) is 21.4 Å². The van der Waals surface area contributed by atoms with Crippen LogP contribution in [-0.2, 0) is 17.5 Å². The SMILES string of the molecule is O=C(O)CCCOc1ccc(CN(C(=O)Nc2ccc(Cl)c(C(F)(F)F)c2)C2CC2c2ccccc2)cc1. The molecule has 200 valence electrons. The fourth-order valence-corrected chi connectivity index (χ4v) is 4.47. The van der Waals surface area contributed by atoms with E-state index in [9.17, 15) is 22.8 Å². The summed E-state index contributed by atoms with van der Waals surface area (Å²) in [5.41, 5.74) is 0.880. The summed E-state index contributed by atoms with van der Waals surface area (Å²) >= 11 is 5.72. The Kier molecular flexibility index (Phi) is 8.46. The molecule has 10 heteroatoms. The Morgan fingerprint density at radius 2 is 1.76 bits per heavy atom. The predicted molar refractivity (Wildman–Crippen MR) is 137 cm³/mol. The molecule has 2 amide bonds. The molecule has 2 N–H and O–H groups in total. The molecule has 2 unspecified atom stereocenters. The summed E-state index contributed by atoms with van der Waals surface area (Å²) in [7, 11) is 0. The first-order chi connectivity index (χ1) is 18.1. The summed E-state index contributed by atoms with van der Waals surface area (Å²) < 4.78 is 45.5. The van der Waals surface area contributed by atoms with E-state index < -0.39 is 28.8 Å². The molecule has 0 saturated heterocycles. The third-order valence-electron chi connectivity index (χ3n) is 6.25. The monoisotopic (exact) mass is 546 g/mol. The molecule has 6 nitrogen and oxygen atoms in total. The van der Waals surface area contributed by atoms with Crippen LogP contribution in [0.15, 0.2) is 72.8 Å². The van der Waals surface area contributed by atoms with Gasteiger partial charge < -0.3 is 20.1 Å². The number of carbonyl (C=O) groups is 2. The van der Waals surface area contributed by atoms with Gasteiger partial charge in [-0.05, 0) is 54.3 Å². The van der Waals surface area contributed by atoms with E-state index in [1.807, 2.05) is 30.3 Å². The van der Waals surface area contributed by atoms with Gasteiger partial charge in [-0.25, -0.2) is 4.79 Å². The Bertz CT molecular complexity index is 1270. The van der Waals surface area contributed by atoms with Crippen molar-refractivity contribution < 1.29 is 32.6 Å². The molecule has 0 radical (unpaired) electrons. The summed E-state index contributed by atoms with van der Waals surface area (Å²) in [4.78, 5) is 25.6. The molecule has 1 fully saturated rings. The van der Waals surface area contributed by atoms with E-state index in [-0.39, 0.29) is 37.2 Å². The number of urea groups is 1.